The molecule has 164 valence electrons. The molecule has 2 aromatic rings. The van der Waals surface area contributed by atoms with Crippen molar-refractivity contribution in [2.45, 2.75) is 38.8 Å². The van der Waals surface area contributed by atoms with Gasteiger partial charge in [-0.25, -0.2) is 0 Å². The smallest absolute Gasteiger partial charge is 0.370 e. The molecule has 0 amide bonds. The molecule has 3 rings (SSSR count). The minimum atomic E-state index is -4.44. The number of hydrogen-bond donors (Lipinski definition) is 0. The van der Waals surface area contributed by atoms with Crippen LogP contribution in [0.3, 0.4) is 0 Å². The summed E-state index contributed by atoms with van der Waals surface area (Å²) < 4.78 is 40.3. The molecule has 0 saturated carbocycles. The molecule has 1 fully saturated rings. The highest BCUT2D eigenvalue weighted by molar-refractivity contribution is 5.94. The van der Waals surface area contributed by atoms with Crippen molar-refractivity contribution < 1.29 is 18.0 Å². The minimum Gasteiger partial charge on any atom is -0.370 e. The highest BCUT2D eigenvalue weighted by atomic mass is 19.4. The zero-order chi connectivity index (χ0) is 21.9. The first-order chi connectivity index (χ1) is 14.1. The molecule has 2 heterocycles. The second-order valence-corrected chi connectivity index (χ2v) is 8.79. The largest absolute Gasteiger partial charge is 0.418 e. The summed E-state index contributed by atoms with van der Waals surface area (Å²) in [5.41, 5.74) is 0.0410. The number of benzene rings is 1. The van der Waals surface area contributed by atoms with Crippen molar-refractivity contribution in [2.24, 2.45) is 11.8 Å². The van der Waals surface area contributed by atoms with Crippen LogP contribution >= 0.6 is 0 Å². The number of aromatic nitrogens is 1. The van der Waals surface area contributed by atoms with Gasteiger partial charge < -0.3 is 9.80 Å². The van der Waals surface area contributed by atoms with Crippen LogP contribution in [0.2, 0.25) is 0 Å². The van der Waals surface area contributed by atoms with Crippen LogP contribution in [0, 0.1) is 11.8 Å². The number of carbonyl (C=O) groups is 1. The van der Waals surface area contributed by atoms with E-state index in [4.69, 9.17) is 0 Å². The number of halogens is 3. The lowest BCUT2D eigenvalue weighted by molar-refractivity contribution is -0.136. The van der Waals surface area contributed by atoms with E-state index in [0.29, 0.717) is 30.7 Å². The summed E-state index contributed by atoms with van der Waals surface area (Å²) in [6.07, 6.45) is -0.113. The molecule has 1 saturated heterocycles. The number of pyridine rings is 1. The van der Waals surface area contributed by atoms with E-state index in [1.165, 1.54) is 6.20 Å². The summed E-state index contributed by atoms with van der Waals surface area (Å²) in [5, 5.41) is 0.512. The summed E-state index contributed by atoms with van der Waals surface area (Å²) in [6, 6.07) is 6.06. The van der Waals surface area contributed by atoms with Crippen molar-refractivity contribution in [3.63, 3.8) is 0 Å². The van der Waals surface area contributed by atoms with Gasteiger partial charge in [0.1, 0.15) is 5.78 Å². The fourth-order valence-electron chi connectivity index (χ4n) is 4.50. The number of Topliss-reactive ketones (excluding diaryl/α,β-unsaturated/α-hetero) is 1. The molecule has 0 unspecified atom stereocenters. The summed E-state index contributed by atoms with van der Waals surface area (Å²) in [5.74, 6) is 0.858. The maximum Gasteiger partial charge on any atom is 0.418 e. The van der Waals surface area contributed by atoms with Gasteiger partial charge in [-0.1, -0.05) is 6.92 Å². The SMILES string of the molecule is C[C@H]1C[C@@H](CC(=O)CCCN(C)C)CN(c2ccc(C(F)(F)F)c3ncccc23)C1. The molecule has 1 aliphatic rings. The Morgan fingerprint density at radius 1 is 1.23 bits per heavy atom. The third-order valence-corrected chi connectivity index (χ3v) is 5.72. The molecular formula is C23H30F3N3O. The molecule has 0 N–H and O–H groups in total. The van der Waals surface area contributed by atoms with Gasteiger partial charge in [0.2, 0.25) is 0 Å². The van der Waals surface area contributed by atoms with E-state index in [-0.39, 0.29) is 17.2 Å². The van der Waals surface area contributed by atoms with Crippen LogP contribution in [0.1, 0.15) is 38.2 Å². The summed E-state index contributed by atoms with van der Waals surface area (Å²) >= 11 is 0. The molecule has 1 aliphatic heterocycles. The second kappa shape index (κ2) is 9.33. The molecule has 7 heteroatoms. The van der Waals surface area contributed by atoms with Crippen LogP contribution in [0.5, 0.6) is 0 Å². The highest BCUT2D eigenvalue weighted by Crippen LogP contribution is 2.39. The van der Waals surface area contributed by atoms with Crippen LogP contribution in [0.25, 0.3) is 10.9 Å². The summed E-state index contributed by atoms with van der Waals surface area (Å²) in [4.78, 5) is 20.7. The Morgan fingerprint density at radius 3 is 2.70 bits per heavy atom. The number of nitrogens with zero attached hydrogens (tertiary/aromatic N) is 3. The van der Waals surface area contributed by atoms with E-state index < -0.39 is 11.7 Å². The molecule has 1 aromatic heterocycles. The Labute approximate surface area is 176 Å². The lowest BCUT2D eigenvalue weighted by atomic mass is 9.86. The molecule has 0 radical (unpaired) electrons. The zero-order valence-electron chi connectivity index (χ0n) is 17.9. The predicted molar refractivity (Wildman–Crippen MR) is 114 cm³/mol. The fourth-order valence-corrected chi connectivity index (χ4v) is 4.50. The molecule has 0 bridgehead atoms. The molecule has 0 spiro atoms. The second-order valence-electron chi connectivity index (χ2n) is 8.79. The average Bonchev–Trinajstić information content (AvgIpc) is 2.65. The van der Waals surface area contributed by atoms with Crippen molar-refractivity contribution in [3.05, 3.63) is 36.0 Å². The summed E-state index contributed by atoms with van der Waals surface area (Å²) in [6.45, 7) is 4.48. The average molecular weight is 422 g/mol. The van der Waals surface area contributed by atoms with Crippen molar-refractivity contribution in [1.29, 1.82) is 0 Å². The fraction of sp³-hybridized carbons (Fsp3) is 0.565. The number of carbonyl (C=O) groups excluding carboxylic acids is 1. The van der Waals surface area contributed by atoms with Crippen molar-refractivity contribution in [3.8, 4) is 0 Å². The molecular weight excluding hydrogens is 391 g/mol. The van der Waals surface area contributed by atoms with Gasteiger partial charge in [0.05, 0.1) is 11.1 Å². The van der Waals surface area contributed by atoms with Crippen LogP contribution in [0.15, 0.2) is 30.5 Å². The maximum absolute atomic E-state index is 13.4. The summed E-state index contributed by atoms with van der Waals surface area (Å²) in [7, 11) is 3.99. The van der Waals surface area contributed by atoms with Crippen LogP contribution < -0.4 is 4.90 Å². The third kappa shape index (κ3) is 5.50. The molecule has 4 nitrogen and oxygen atoms in total. The maximum atomic E-state index is 13.4. The van der Waals surface area contributed by atoms with Crippen LogP contribution in [-0.2, 0) is 11.0 Å². The zero-order valence-corrected chi connectivity index (χ0v) is 17.9. The highest BCUT2D eigenvalue weighted by Gasteiger charge is 2.35. The van der Waals surface area contributed by atoms with Crippen LogP contribution in [-0.4, -0.2) is 49.4 Å². The van der Waals surface area contributed by atoms with Crippen LogP contribution in [0.4, 0.5) is 18.9 Å². The van der Waals surface area contributed by atoms with E-state index in [2.05, 4.69) is 21.7 Å². The topological polar surface area (TPSA) is 36.4 Å². The first-order valence-electron chi connectivity index (χ1n) is 10.5. The number of piperidine rings is 1. The quantitative estimate of drug-likeness (QED) is 0.629. The Morgan fingerprint density at radius 2 is 2.00 bits per heavy atom. The van der Waals surface area contributed by atoms with Gasteiger partial charge in [-0.15, -0.1) is 0 Å². The van der Waals surface area contributed by atoms with Crippen molar-refractivity contribution >= 4 is 22.4 Å². The van der Waals surface area contributed by atoms with E-state index in [0.717, 1.165) is 37.7 Å². The lowest BCUT2D eigenvalue weighted by Gasteiger charge is -2.38. The van der Waals surface area contributed by atoms with E-state index >= 15 is 0 Å². The van der Waals surface area contributed by atoms with Gasteiger partial charge in [-0.3, -0.25) is 9.78 Å². The number of rotatable bonds is 7. The molecule has 0 aliphatic carbocycles. The first kappa shape index (κ1) is 22.5. The number of ketones is 1. The van der Waals surface area contributed by atoms with Gasteiger partial charge in [-0.2, -0.15) is 13.2 Å². The molecule has 2 atom stereocenters. The molecule has 30 heavy (non-hydrogen) atoms. The third-order valence-electron chi connectivity index (χ3n) is 5.72. The van der Waals surface area contributed by atoms with Gasteiger partial charge in [-0.05, 0) is 69.6 Å². The van der Waals surface area contributed by atoms with Crippen molar-refractivity contribution in [1.82, 2.24) is 9.88 Å². The van der Waals surface area contributed by atoms with E-state index in [9.17, 15) is 18.0 Å². The number of hydrogen-bond acceptors (Lipinski definition) is 4. The number of alkyl halides is 3. The molecule has 1 aromatic carbocycles. The normalized spacial score (nSPS) is 20.2. The van der Waals surface area contributed by atoms with Crippen molar-refractivity contribution in [2.75, 3.05) is 38.6 Å². The Hall–Kier alpha value is -2.15. The number of anilines is 1. The Kier molecular flexibility index (Phi) is 7.01. The first-order valence-corrected chi connectivity index (χ1v) is 10.5. The number of fused-ring (bicyclic) bond motifs is 1. The van der Waals surface area contributed by atoms with E-state index in [1.807, 2.05) is 14.1 Å². The minimum absolute atomic E-state index is 0.0166. The van der Waals surface area contributed by atoms with Gasteiger partial charge in [0, 0.05) is 43.2 Å². The monoisotopic (exact) mass is 421 g/mol. The van der Waals surface area contributed by atoms with Gasteiger partial charge in [0.15, 0.2) is 0 Å². The lowest BCUT2D eigenvalue weighted by Crippen LogP contribution is -2.40. The van der Waals surface area contributed by atoms with E-state index in [1.54, 1.807) is 18.2 Å². The Bertz CT molecular complexity index is 882. The predicted octanol–water partition coefficient (Wildman–Crippen LogP) is 5.02. The van der Waals surface area contributed by atoms with Gasteiger partial charge >= 0.3 is 6.18 Å². The van der Waals surface area contributed by atoms with Gasteiger partial charge in [0.25, 0.3) is 0 Å². The Balaban J connectivity index is 1.79. The standard InChI is InChI=1S/C23H30F3N3O/c1-16-12-17(13-18(30)6-5-11-28(2)3)15-29(14-16)21-9-8-20(23(24,25)26)22-19(21)7-4-10-27-22/h4,7-10,16-17H,5-6,11-15H2,1-3H3/t16-,17-/m0/s1.